The fourth-order valence-electron chi connectivity index (χ4n) is 1.83. The molecule has 1 aliphatic heterocycles. The first-order valence-electron chi connectivity index (χ1n) is 5.99. The summed E-state index contributed by atoms with van der Waals surface area (Å²) in [6.45, 7) is 9.66. The molecule has 1 aliphatic rings. The molecule has 0 aromatic carbocycles. The van der Waals surface area contributed by atoms with Crippen LogP contribution in [0.5, 0.6) is 0 Å². The van der Waals surface area contributed by atoms with Gasteiger partial charge in [0.2, 0.25) is 5.91 Å². The first-order chi connectivity index (χ1) is 8.11. The highest BCUT2D eigenvalue weighted by Crippen LogP contribution is 2.24. The summed E-state index contributed by atoms with van der Waals surface area (Å²) in [5.41, 5.74) is 0.313. The molecule has 1 rings (SSSR count). The average Bonchev–Trinajstić information content (AvgIpc) is 2.56. The van der Waals surface area contributed by atoms with E-state index in [-0.39, 0.29) is 5.91 Å². The summed E-state index contributed by atoms with van der Waals surface area (Å²) in [6, 6.07) is -0.484. The van der Waals surface area contributed by atoms with Crippen LogP contribution in [0.15, 0.2) is 12.2 Å². The van der Waals surface area contributed by atoms with Crippen molar-refractivity contribution in [2.75, 3.05) is 20.6 Å². The van der Waals surface area contributed by atoms with E-state index in [4.69, 9.17) is 4.74 Å². The predicted octanol–water partition coefficient (Wildman–Crippen LogP) is 1.64. The van der Waals surface area contributed by atoms with Crippen LogP contribution < -0.4 is 0 Å². The predicted molar refractivity (Wildman–Crippen MR) is 69.2 cm³/mol. The third-order valence-corrected chi connectivity index (χ3v) is 2.61. The van der Waals surface area contributed by atoms with E-state index in [2.05, 4.69) is 6.58 Å². The van der Waals surface area contributed by atoms with Gasteiger partial charge in [-0.25, -0.2) is 4.79 Å². The van der Waals surface area contributed by atoms with Crippen LogP contribution in [-0.4, -0.2) is 54.1 Å². The maximum Gasteiger partial charge on any atom is 0.411 e. The molecule has 2 amide bonds. The summed E-state index contributed by atoms with van der Waals surface area (Å²) >= 11 is 0. The number of likely N-dealkylation sites (N-methyl/N-ethyl adjacent to an activating group) is 1. The molecule has 102 valence electrons. The Kier molecular flexibility index (Phi) is 4.04. The number of ether oxygens (including phenoxy) is 1. The van der Waals surface area contributed by atoms with Crippen molar-refractivity contribution >= 4 is 12.0 Å². The normalized spacial score (nSPS) is 19.9. The fourth-order valence-corrected chi connectivity index (χ4v) is 1.83. The van der Waals surface area contributed by atoms with Crippen molar-refractivity contribution in [3.05, 3.63) is 12.2 Å². The van der Waals surface area contributed by atoms with E-state index < -0.39 is 17.7 Å². The number of rotatable bonds is 1. The van der Waals surface area contributed by atoms with Crippen LogP contribution in [0.1, 0.15) is 27.2 Å². The molecule has 0 spiro atoms. The van der Waals surface area contributed by atoms with Crippen molar-refractivity contribution in [1.82, 2.24) is 9.80 Å². The number of carbonyl (C=O) groups excluding carboxylic acids is 2. The van der Waals surface area contributed by atoms with E-state index in [1.165, 1.54) is 9.80 Å². The van der Waals surface area contributed by atoms with Gasteiger partial charge in [0.1, 0.15) is 11.6 Å². The van der Waals surface area contributed by atoms with Crippen LogP contribution in [-0.2, 0) is 9.53 Å². The summed E-state index contributed by atoms with van der Waals surface area (Å²) in [4.78, 5) is 27.0. The lowest BCUT2D eigenvalue weighted by Gasteiger charge is -2.28. The topological polar surface area (TPSA) is 49.9 Å². The molecule has 0 radical (unpaired) electrons. The third-order valence-electron chi connectivity index (χ3n) is 2.61. The Hall–Kier alpha value is -1.52. The van der Waals surface area contributed by atoms with E-state index in [0.29, 0.717) is 13.0 Å². The smallest absolute Gasteiger partial charge is 0.411 e. The zero-order chi connectivity index (χ0) is 14.1. The molecule has 5 nitrogen and oxygen atoms in total. The standard InChI is InChI=1S/C13H22N2O3/c1-9-7-10(11(16)14(5)6)15(8-9)12(17)18-13(2,3)4/h10H,1,7-8H2,2-6H3/t10-/m0/s1. The SMILES string of the molecule is C=C1C[C@@H](C(=O)N(C)C)N(C(=O)OC(C)(C)C)C1. The minimum Gasteiger partial charge on any atom is -0.444 e. The molecule has 0 unspecified atom stereocenters. The molecule has 0 saturated carbocycles. The van der Waals surface area contributed by atoms with Crippen molar-refractivity contribution in [2.45, 2.75) is 38.8 Å². The molecule has 0 aromatic heterocycles. The van der Waals surface area contributed by atoms with Gasteiger partial charge in [-0.1, -0.05) is 12.2 Å². The van der Waals surface area contributed by atoms with Crippen molar-refractivity contribution < 1.29 is 14.3 Å². The highest BCUT2D eigenvalue weighted by atomic mass is 16.6. The van der Waals surface area contributed by atoms with Gasteiger partial charge in [0.15, 0.2) is 0 Å². The number of likely N-dealkylation sites (tertiary alicyclic amines) is 1. The lowest BCUT2D eigenvalue weighted by atomic mass is 10.1. The van der Waals surface area contributed by atoms with Crippen molar-refractivity contribution in [2.24, 2.45) is 0 Å². The highest BCUT2D eigenvalue weighted by molar-refractivity contribution is 5.86. The molecule has 0 N–H and O–H groups in total. The van der Waals surface area contributed by atoms with E-state index in [9.17, 15) is 9.59 Å². The molecule has 0 aromatic rings. The maximum absolute atomic E-state index is 12.0. The van der Waals surface area contributed by atoms with Crippen LogP contribution in [0.2, 0.25) is 0 Å². The number of hydrogen-bond acceptors (Lipinski definition) is 3. The number of nitrogens with zero attached hydrogens (tertiary/aromatic N) is 2. The van der Waals surface area contributed by atoms with Crippen LogP contribution in [0.4, 0.5) is 4.79 Å². The second-order valence-electron chi connectivity index (χ2n) is 5.81. The molecule has 1 atom stereocenters. The van der Waals surface area contributed by atoms with Crippen LogP contribution in [0.25, 0.3) is 0 Å². The molecule has 1 fully saturated rings. The van der Waals surface area contributed by atoms with Gasteiger partial charge < -0.3 is 9.64 Å². The van der Waals surface area contributed by atoms with Gasteiger partial charge in [-0.2, -0.15) is 0 Å². The second kappa shape index (κ2) is 5.00. The fraction of sp³-hybridized carbons (Fsp3) is 0.692. The Labute approximate surface area is 108 Å². The Bertz CT molecular complexity index is 369. The molecule has 5 heteroatoms. The monoisotopic (exact) mass is 254 g/mol. The molecular weight excluding hydrogens is 232 g/mol. The Morgan fingerprint density at radius 3 is 2.39 bits per heavy atom. The van der Waals surface area contributed by atoms with Gasteiger partial charge in [0.05, 0.1) is 0 Å². The van der Waals surface area contributed by atoms with Gasteiger partial charge in [0.25, 0.3) is 0 Å². The first kappa shape index (κ1) is 14.5. The van der Waals surface area contributed by atoms with E-state index in [0.717, 1.165) is 5.57 Å². The molecule has 1 saturated heterocycles. The summed E-state index contributed by atoms with van der Waals surface area (Å²) in [5, 5.41) is 0. The Morgan fingerprint density at radius 1 is 1.39 bits per heavy atom. The zero-order valence-electron chi connectivity index (χ0n) is 11.8. The summed E-state index contributed by atoms with van der Waals surface area (Å²) in [7, 11) is 3.35. The molecule has 0 aliphatic carbocycles. The Morgan fingerprint density at radius 2 is 1.94 bits per heavy atom. The lowest BCUT2D eigenvalue weighted by molar-refractivity contribution is -0.133. The minimum absolute atomic E-state index is 0.0977. The van der Waals surface area contributed by atoms with Crippen molar-refractivity contribution in [3.63, 3.8) is 0 Å². The Balaban J connectivity index is 2.82. The van der Waals surface area contributed by atoms with Gasteiger partial charge in [-0.05, 0) is 27.2 Å². The molecule has 1 heterocycles. The molecular formula is C13H22N2O3. The van der Waals surface area contributed by atoms with Crippen molar-refractivity contribution in [3.8, 4) is 0 Å². The van der Waals surface area contributed by atoms with E-state index in [1.54, 1.807) is 34.9 Å². The highest BCUT2D eigenvalue weighted by Gasteiger charge is 2.38. The maximum atomic E-state index is 12.0. The third kappa shape index (κ3) is 3.48. The lowest BCUT2D eigenvalue weighted by Crippen LogP contribution is -2.47. The van der Waals surface area contributed by atoms with Crippen LogP contribution in [0.3, 0.4) is 0 Å². The quantitative estimate of drug-likeness (QED) is 0.668. The van der Waals surface area contributed by atoms with Gasteiger partial charge in [-0.3, -0.25) is 9.69 Å². The molecule has 18 heavy (non-hydrogen) atoms. The largest absolute Gasteiger partial charge is 0.444 e. The van der Waals surface area contributed by atoms with Crippen LogP contribution >= 0.6 is 0 Å². The number of hydrogen-bond donors (Lipinski definition) is 0. The number of carbonyl (C=O) groups is 2. The summed E-state index contributed by atoms with van der Waals surface area (Å²) in [6.07, 6.45) is 0.0531. The van der Waals surface area contributed by atoms with Gasteiger partial charge >= 0.3 is 6.09 Å². The van der Waals surface area contributed by atoms with Gasteiger partial charge in [0, 0.05) is 20.6 Å². The minimum atomic E-state index is -0.563. The van der Waals surface area contributed by atoms with Crippen molar-refractivity contribution in [1.29, 1.82) is 0 Å². The van der Waals surface area contributed by atoms with E-state index >= 15 is 0 Å². The summed E-state index contributed by atoms with van der Waals surface area (Å²) < 4.78 is 5.31. The number of amides is 2. The van der Waals surface area contributed by atoms with Crippen LogP contribution in [0, 0.1) is 0 Å². The van der Waals surface area contributed by atoms with E-state index in [1.807, 2.05) is 0 Å². The average molecular weight is 254 g/mol. The zero-order valence-corrected chi connectivity index (χ0v) is 11.8. The first-order valence-corrected chi connectivity index (χ1v) is 5.99. The second-order valence-corrected chi connectivity index (χ2v) is 5.81. The van der Waals surface area contributed by atoms with Gasteiger partial charge in [-0.15, -0.1) is 0 Å². The summed E-state index contributed by atoms with van der Waals surface area (Å²) in [5.74, 6) is -0.0977. The molecule has 0 bridgehead atoms.